The number of methoxy groups -OCH3 is 1. The van der Waals surface area contributed by atoms with Crippen LogP contribution in [0.1, 0.15) is 21.5 Å². The molecule has 4 heteroatoms. The molecule has 0 aliphatic heterocycles. The molecule has 1 N–H and O–H groups in total. The number of hydrogen-bond acceptors (Lipinski definition) is 2. The smallest absolute Gasteiger partial charge is 0.336 e. The first-order valence-electron chi connectivity index (χ1n) is 4.07. The number of carboxylic acid groups (broad SMARTS) is 1. The van der Waals surface area contributed by atoms with Crippen molar-refractivity contribution in [3.8, 4) is 5.75 Å². The molecule has 1 rings (SSSR count). The first kappa shape index (κ1) is 11.0. The molecule has 1 aromatic carbocycles. The monoisotopic (exact) mass is 258 g/mol. The largest absolute Gasteiger partial charge is 0.496 e. The zero-order chi connectivity index (χ0) is 10.7. The number of carboxylic acids is 1. The molecule has 3 nitrogen and oxygen atoms in total. The summed E-state index contributed by atoms with van der Waals surface area (Å²) in [6.07, 6.45) is 0. The van der Waals surface area contributed by atoms with Crippen LogP contribution in [0.2, 0.25) is 0 Å². The SMILES string of the molecule is COc1cc(CBr)cc(C(=O)O)c1C. The fourth-order valence-corrected chi connectivity index (χ4v) is 1.58. The fourth-order valence-electron chi connectivity index (χ4n) is 1.26. The second-order valence-electron chi connectivity index (χ2n) is 2.91. The Morgan fingerprint density at radius 1 is 1.57 bits per heavy atom. The van der Waals surface area contributed by atoms with Gasteiger partial charge in [0.15, 0.2) is 0 Å². The van der Waals surface area contributed by atoms with Gasteiger partial charge in [-0.1, -0.05) is 15.9 Å². The first-order valence-corrected chi connectivity index (χ1v) is 5.19. The number of halogens is 1. The van der Waals surface area contributed by atoms with E-state index in [1.54, 1.807) is 13.0 Å². The van der Waals surface area contributed by atoms with Crippen molar-refractivity contribution in [3.63, 3.8) is 0 Å². The molecule has 76 valence electrons. The van der Waals surface area contributed by atoms with Gasteiger partial charge in [-0.25, -0.2) is 4.79 Å². The van der Waals surface area contributed by atoms with Crippen LogP contribution in [0.25, 0.3) is 0 Å². The summed E-state index contributed by atoms with van der Waals surface area (Å²) in [7, 11) is 1.53. The lowest BCUT2D eigenvalue weighted by atomic mass is 10.0. The third kappa shape index (κ3) is 2.07. The lowest BCUT2D eigenvalue weighted by molar-refractivity contribution is 0.0695. The molecule has 0 aliphatic carbocycles. The van der Waals surface area contributed by atoms with E-state index < -0.39 is 5.97 Å². The number of rotatable bonds is 3. The van der Waals surface area contributed by atoms with E-state index in [1.807, 2.05) is 6.07 Å². The summed E-state index contributed by atoms with van der Waals surface area (Å²) in [5.41, 5.74) is 1.84. The molecule has 0 aromatic heterocycles. The average Bonchev–Trinajstić information content (AvgIpc) is 2.17. The molecule has 0 saturated heterocycles. The number of carbonyl (C=O) groups is 1. The maximum atomic E-state index is 10.9. The molecule has 0 fully saturated rings. The standard InChI is InChI=1S/C10H11BrO3/c1-6-8(10(12)13)3-7(5-11)4-9(6)14-2/h3-4H,5H2,1-2H3,(H,12,13). The van der Waals surface area contributed by atoms with E-state index in [0.717, 1.165) is 5.56 Å². The Bertz CT molecular complexity index is 361. The lowest BCUT2D eigenvalue weighted by Crippen LogP contribution is -2.02. The minimum atomic E-state index is -0.927. The highest BCUT2D eigenvalue weighted by Crippen LogP contribution is 2.24. The fraction of sp³-hybridized carbons (Fsp3) is 0.300. The summed E-state index contributed by atoms with van der Waals surface area (Å²) in [4.78, 5) is 10.9. The van der Waals surface area contributed by atoms with Gasteiger partial charge >= 0.3 is 5.97 Å². The molecule has 0 unspecified atom stereocenters. The minimum Gasteiger partial charge on any atom is -0.496 e. The van der Waals surface area contributed by atoms with Gasteiger partial charge in [-0.05, 0) is 24.6 Å². The summed E-state index contributed by atoms with van der Waals surface area (Å²) < 4.78 is 5.09. The summed E-state index contributed by atoms with van der Waals surface area (Å²) in [5.74, 6) is -0.317. The van der Waals surface area contributed by atoms with Crippen molar-refractivity contribution in [2.75, 3.05) is 7.11 Å². The molecule has 14 heavy (non-hydrogen) atoms. The van der Waals surface area contributed by atoms with Gasteiger partial charge in [-0.3, -0.25) is 0 Å². The number of benzene rings is 1. The van der Waals surface area contributed by atoms with Gasteiger partial charge < -0.3 is 9.84 Å². The Labute approximate surface area is 90.8 Å². The van der Waals surface area contributed by atoms with E-state index in [2.05, 4.69) is 15.9 Å². The van der Waals surface area contributed by atoms with Crippen molar-refractivity contribution < 1.29 is 14.6 Å². The highest BCUT2D eigenvalue weighted by Gasteiger charge is 2.12. The zero-order valence-corrected chi connectivity index (χ0v) is 9.59. The van der Waals surface area contributed by atoms with Crippen LogP contribution in [-0.2, 0) is 5.33 Å². The average molecular weight is 259 g/mol. The molecule has 0 heterocycles. The molecular weight excluding hydrogens is 248 g/mol. The number of ether oxygens (including phenoxy) is 1. The van der Waals surface area contributed by atoms with Crippen molar-refractivity contribution in [2.24, 2.45) is 0 Å². The lowest BCUT2D eigenvalue weighted by Gasteiger charge is -2.09. The van der Waals surface area contributed by atoms with E-state index in [-0.39, 0.29) is 0 Å². The Morgan fingerprint density at radius 2 is 2.21 bits per heavy atom. The van der Waals surface area contributed by atoms with Crippen molar-refractivity contribution in [1.29, 1.82) is 0 Å². The molecule has 0 atom stereocenters. The summed E-state index contributed by atoms with van der Waals surface area (Å²) in [6, 6.07) is 3.48. The summed E-state index contributed by atoms with van der Waals surface area (Å²) in [5, 5.41) is 9.55. The first-order chi connectivity index (χ1) is 6.60. The van der Waals surface area contributed by atoms with Crippen molar-refractivity contribution in [2.45, 2.75) is 12.3 Å². The van der Waals surface area contributed by atoms with E-state index in [0.29, 0.717) is 22.2 Å². The van der Waals surface area contributed by atoms with E-state index in [4.69, 9.17) is 9.84 Å². The predicted octanol–water partition coefficient (Wildman–Crippen LogP) is 2.60. The van der Waals surface area contributed by atoms with Gasteiger partial charge in [-0.2, -0.15) is 0 Å². The molecule has 0 amide bonds. The van der Waals surface area contributed by atoms with Crippen LogP contribution >= 0.6 is 15.9 Å². The Kier molecular flexibility index (Phi) is 3.52. The molecule has 0 bridgehead atoms. The maximum absolute atomic E-state index is 10.9. The van der Waals surface area contributed by atoms with Crippen molar-refractivity contribution in [1.82, 2.24) is 0 Å². The Hall–Kier alpha value is -1.03. The normalized spacial score (nSPS) is 9.93. The highest BCUT2D eigenvalue weighted by atomic mass is 79.9. The number of alkyl halides is 1. The third-order valence-corrected chi connectivity index (χ3v) is 2.67. The minimum absolute atomic E-state index is 0.291. The zero-order valence-electron chi connectivity index (χ0n) is 8.00. The summed E-state index contributed by atoms with van der Waals surface area (Å²) in [6.45, 7) is 1.74. The predicted molar refractivity (Wildman–Crippen MR) is 57.3 cm³/mol. The van der Waals surface area contributed by atoms with Gasteiger partial charge in [0.25, 0.3) is 0 Å². The molecule has 0 radical (unpaired) electrons. The number of aromatic carboxylic acids is 1. The van der Waals surface area contributed by atoms with Gasteiger partial charge in [0.05, 0.1) is 12.7 Å². The van der Waals surface area contributed by atoms with E-state index >= 15 is 0 Å². The van der Waals surface area contributed by atoms with Crippen LogP contribution in [0.3, 0.4) is 0 Å². The Morgan fingerprint density at radius 3 is 2.64 bits per heavy atom. The second kappa shape index (κ2) is 4.46. The van der Waals surface area contributed by atoms with Crippen LogP contribution in [-0.4, -0.2) is 18.2 Å². The maximum Gasteiger partial charge on any atom is 0.336 e. The van der Waals surface area contributed by atoms with Crippen molar-refractivity contribution >= 4 is 21.9 Å². The van der Waals surface area contributed by atoms with Crippen LogP contribution in [0, 0.1) is 6.92 Å². The summed E-state index contributed by atoms with van der Waals surface area (Å²) >= 11 is 3.28. The van der Waals surface area contributed by atoms with Gasteiger partial charge in [-0.15, -0.1) is 0 Å². The van der Waals surface area contributed by atoms with Gasteiger partial charge in [0.1, 0.15) is 5.75 Å². The molecule has 0 aliphatic rings. The Balaban J connectivity index is 3.34. The van der Waals surface area contributed by atoms with Gasteiger partial charge in [0.2, 0.25) is 0 Å². The quantitative estimate of drug-likeness (QED) is 0.848. The van der Waals surface area contributed by atoms with Crippen LogP contribution in [0.4, 0.5) is 0 Å². The second-order valence-corrected chi connectivity index (χ2v) is 3.47. The molecule has 0 spiro atoms. The molecule has 0 saturated carbocycles. The molecule has 1 aromatic rings. The van der Waals surface area contributed by atoms with Crippen LogP contribution in [0.15, 0.2) is 12.1 Å². The topological polar surface area (TPSA) is 46.5 Å². The number of hydrogen-bond donors (Lipinski definition) is 1. The van der Waals surface area contributed by atoms with E-state index in [9.17, 15) is 4.79 Å². The van der Waals surface area contributed by atoms with Crippen LogP contribution in [0.5, 0.6) is 5.75 Å². The van der Waals surface area contributed by atoms with Crippen molar-refractivity contribution in [3.05, 3.63) is 28.8 Å². The van der Waals surface area contributed by atoms with E-state index in [1.165, 1.54) is 7.11 Å². The van der Waals surface area contributed by atoms with Gasteiger partial charge in [0, 0.05) is 10.9 Å². The van der Waals surface area contributed by atoms with Crippen LogP contribution < -0.4 is 4.74 Å². The third-order valence-electron chi connectivity index (χ3n) is 2.02. The highest BCUT2D eigenvalue weighted by molar-refractivity contribution is 9.08. The molecular formula is C10H11BrO3.